The number of carbonyl (C=O) groups excluding carboxylic acids is 1. The third kappa shape index (κ3) is 4.61. The van der Waals surface area contributed by atoms with Crippen LogP contribution in [0.3, 0.4) is 0 Å². The van der Waals surface area contributed by atoms with Crippen molar-refractivity contribution >= 4 is 32.8 Å². The molecule has 0 saturated carbocycles. The summed E-state index contributed by atoms with van der Waals surface area (Å²) in [7, 11) is -4.90. The second kappa shape index (κ2) is 4.53. The van der Waals surface area contributed by atoms with Crippen LogP contribution in [0.5, 0.6) is 0 Å². The van der Waals surface area contributed by atoms with Gasteiger partial charge in [0.2, 0.25) is 5.13 Å². The Morgan fingerprint density at radius 1 is 1.41 bits per heavy atom. The number of aromatic nitrogens is 2. The Hall–Kier alpha value is -1.29. The molecule has 0 aromatic carbocycles. The van der Waals surface area contributed by atoms with Crippen LogP contribution < -0.4 is 5.32 Å². The quantitative estimate of drug-likeness (QED) is 0.653. The van der Waals surface area contributed by atoms with Crippen LogP contribution in [-0.2, 0) is 15.0 Å². The van der Waals surface area contributed by atoms with Gasteiger partial charge in [-0.1, -0.05) is 15.2 Å². The Morgan fingerprint density at radius 3 is 2.41 bits per heavy atom. The van der Waals surface area contributed by atoms with Gasteiger partial charge in [0, 0.05) is 0 Å². The molecule has 1 amide bonds. The Bertz CT molecular complexity index is 519. The van der Waals surface area contributed by atoms with E-state index >= 15 is 0 Å². The highest BCUT2D eigenvalue weighted by atomic mass is 32.3. The fraction of sp³-hybridized carbons (Fsp3) is 0.571. The molecule has 0 unspecified atom stereocenters. The summed E-state index contributed by atoms with van der Waals surface area (Å²) >= 11 is 0.397. The van der Waals surface area contributed by atoms with Gasteiger partial charge in [-0.2, -0.15) is 8.42 Å². The molecular weight excluding hydrogens is 273 g/mol. The minimum absolute atomic E-state index is 0.157. The lowest BCUT2D eigenvalue weighted by atomic mass is 10.2. The first-order valence-corrected chi connectivity index (χ1v) is 6.56. The van der Waals surface area contributed by atoms with E-state index in [9.17, 15) is 17.1 Å². The van der Waals surface area contributed by atoms with Gasteiger partial charge in [0.1, 0.15) is 5.60 Å². The van der Waals surface area contributed by atoms with Crippen molar-refractivity contribution in [2.75, 3.05) is 5.32 Å². The summed E-state index contributed by atoms with van der Waals surface area (Å²) in [6.45, 7) is 4.97. The van der Waals surface area contributed by atoms with Gasteiger partial charge in [0.05, 0.1) is 0 Å². The van der Waals surface area contributed by atoms with Crippen LogP contribution in [0.25, 0.3) is 0 Å². The normalized spacial score (nSPS) is 12.2. The van der Waals surface area contributed by atoms with Crippen molar-refractivity contribution < 1.29 is 21.8 Å². The molecule has 0 bridgehead atoms. The maximum absolute atomic E-state index is 12.5. The topological polar surface area (TPSA) is 98.2 Å². The molecule has 0 aliphatic heterocycles. The number of carbonyl (C=O) groups is 1. The molecule has 0 aliphatic rings. The van der Waals surface area contributed by atoms with Crippen molar-refractivity contribution in [2.45, 2.75) is 30.7 Å². The summed E-state index contributed by atoms with van der Waals surface area (Å²) in [4.78, 5) is 11.2. The van der Waals surface area contributed by atoms with E-state index in [0.717, 1.165) is 0 Å². The molecular formula is C7H10FN3O4S2. The summed E-state index contributed by atoms with van der Waals surface area (Å²) in [5.41, 5.74) is -0.705. The van der Waals surface area contributed by atoms with Crippen molar-refractivity contribution in [3.05, 3.63) is 0 Å². The predicted octanol–water partition coefficient (Wildman–Crippen LogP) is 1.54. The van der Waals surface area contributed by atoms with E-state index in [4.69, 9.17) is 4.74 Å². The number of anilines is 1. The maximum atomic E-state index is 12.5. The molecule has 10 heteroatoms. The van der Waals surface area contributed by atoms with Crippen LogP contribution in [0, 0.1) is 0 Å². The smallest absolute Gasteiger partial charge is 0.414 e. The third-order valence-corrected chi connectivity index (χ3v) is 3.20. The molecule has 0 spiro atoms. The third-order valence-electron chi connectivity index (χ3n) is 1.22. The zero-order chi connectivity index (χ0) is 13.3. The second-order valence-corrected chi connectivity index (χ2v) is 6.44. The van der Waals surface area contributed by atoms with Gasteiger partial charge in [0.15, 0.2) is 0 Å². The van der Waals surface area contributed by atoms with Crippen LogP contribution in [0.2, 0.25) is 0 Å². The molecule has 0 radical (unpaired) electrons. The van der Waals surface area contributed by atoms with Gasteiger partial charge in [-0.05, 0) is 20.8 Å². The number of hydrogen-bond donors (Lipinski definition) is 1. The number of nitrogens with zero attached hydrogens (tertiary/aromatic N) is 2. The number of hydrogen-bond acceptors (Lipinski definition) is 7. The molecule has 7 nitrogen and oxygen atoms in total. The van der Waals surface area contributed by atoms with Crippen LogP contribution in [0.1, 0.15) is 20.8 Å². The fourth-order valence-corrected chi connectivity index (χ4v) is 1.99. The number of ether oxygens (including phenoxy) is 1. The van der Waals surface area contributed by atoms with Crippen LogP contribution in [0.15, 0.2) is 4.34 Å². The van der Waals surface area contributed by atoms with Crippen LogP contribution >= 0.6 is 11.3 Å². The number of rotatable bonds is 2. The van der Waals surface area contributed by atoms with E-state index in [1.54, 1.807) is 20.8 Å². The van der Waals surface area contributed by atoms with Crippen molar-refractivity contribution in [3.63, 3.8) is 0 Å². The summed E-state index contributed by atoms with van der Waals surface area (Å²) in [5.74, 6) is 0. The van der Waals surface area contributed by atoms with Gasteiger partial charge in [-0.15, -0.1) is 10.2 Å². The highest BCUT2D eigenvalue weighted by molar-refractivity contribution is 7.88. The lowest BCUT2D eigenvalue weighted by Crippen LogP contribution is -2.27. The molecule has 1 N–H and O–H groups in total. The largest absolute Gasteiger partial charge is 0.444 e. The number of halogens is 1. The molecule has 17 heavy (non-hydrogen) atoms. The monoisotopic (exact) mass is 283 g/mol. The van der Waals surface area contributed by atoms with Gasteiger partial charge in [-0.25, -0.2) is 4.79 Å². The van der Waals surface area contributed by atoms with E-state index in [1.807, 2.05) is 0 Å². The molecule has 0 aliphatic carbocycles. The zero-order valence-corrected chi connectivity index (χ0v) is 10.9. The summed E-state index contributed by atoms with van der Waals surface area (Å²) in [6.07, 6.45) is -0.823. The standard InChI is InChI=1S/C7H10FN3O4S2/c1-7(2,3)15-5(12)9-4-10-11-6(16-4)17(8,13)14/h1-3H3,(H,9,10,12). The SMILES string of the molecule is CC(C)(C)OC(=O)Nc1nnc(S(=O)(=O)F)s1. The second-order valence-electron chi connectivity index (χ2n) is 3.94. The molecule has 1 heterocycles. The first-order valence-electron chi connectivity index (χ1n) is 4.36. The van der Waals surface area contributed by atoms with E-state index in [-0.39, 0.29) is 5.13 Å². The van der Waals surface area contributed by atoms with Crippen molar-refractivity contribution in [1.29, 1.82) is 0 Å². The minimum atomic E-state index is -4.90. The fourth-order valence-electron chi connectivity index (χ4n) is 0.750. The predicted molar refractivity (Wildman–Crippen MR) is 58.1 cm³/mol. The summed E-state index contributed by atoms with van der Waals surface area (Å²) in [5, 5.41) is 8.35. The molecule has 1 aromatic heterocycles. The zero-order valence-electron chi connectivity index (χ0n) is 9.22. The Kier molecular flexibility index (Phi) is 3.67. The number of amides is 1. The molecule has 0 saturated heterocycles. The molecule has 0 atom stereocenters. The van der Waals surface area contributed by atoms with Crippen LogP contribution in [0.4, 0.5) is 13.8 Å². The summed E-state index contributed by atoms with van der Waals surface area (Å²) in [6, 6.07) is 0. The highest BCUT2D eigenvalue weighted by Gasteiger charge is 2.21. The van der Waals surface area contributed by atoms with Gasteiger partial charge >= 0.3 is 16.3 Å². The van der Waals surface area contributed by atoms with Crippen molar-refractivity contribution in [2.24, 2.45) is 0 Å². The van der Waals surface area contributed by atoms with E-state index in [2.05, 4.69) is 15.5 Å². The van der Waals surface area contributed by atoms with E-state index in [1.165, 1.54) is 0 Å². The first kappa shape index (κ1) is 13.8. The molecule has 1 aromatic rings. The van der Waals surface area contributed by atoms with E-state index in [0.29, 0.717) is 11.3 Å². The Balaban J connectivity index is 2.71. The van der Waals surface area contributed by atoms with E-state index < -0.39 is 26.3 Å². The highest BCUT2D eigenvalue weighted by Crippen LogP contribution is 2.21. The van der Waals surface area contributed by atoms with Crippen LogP contribution in [-0.4, -0.2) is 30.3 Å². The van der Waals surface area contributed by atoms with Crippen molar-refractivity contribution in [1.82, 2.24) is 10.2 Å². The molecule has 1 rings (SSSR count). The maximum Gasteiger partial charge on any atom is 0.414 e. The Labute approximate surface area is 101 Å². The lowest BCUT2D eigenvalue weighted by Gasteiger charge is -2.18. The Morgan fingerprint density at radius 2 is 2.00 bits per heavy atom. The lowest BCUT2D eigenvalue weighted by molar-refractivity contribution is 0.0636. The van der Waals surface area contributed by atoms with Gasteiger partial charge < -0.3 is 4.74 Å². The minimum Gasteiger partial charge on any atom is -0.444 e. The average Bonchev–Trinajstić information content (AvgIpc) is 2.47. The number of nitrogens with one attached hydrogen (secondary N) is 1. The van der Waals surface area contributed by atoms with Gasteiger partial charge in [-0.3, -0.25) is 5.32 Å². The molecule has 0 fully saturated rings. The van der Waals surface area contributed by atoms with Gasteiger partial charge in [0.25, 0.3) is 4.34 Å². The molecule has 96 valence electrons. The summed E-state index contributed by atoms with van der Waals surface area (Å²) < 4.78 is 37.5. The first-order chi connectivity index (χ1) is 7.58. The van der Waals surface area contributed by atoms with Crippen molar-refractivity contribution in [3.8, 4) is 0 Å². The average molecular weight is 283 g/mol.